The topological polar surface area (TPSA) is 143 Å². The highest BCUT2D eigenvalue weighted by Gasteiger charge is 2.23. The van der Waals surface area contributed by atoms with Crippen LogP contribution < -0.4 is 11.1 Å². The summed E-state index contributed by atoms with van der Waals surface area (Å²) in [6.07, 6.45) is 6.37. The summed E-state index contributed by atoms with van der Waals surface area (Å²) in [6, 6.07) is 3.71. The van der Waals surface area contributed by atoms with Gasteiger partial charge in [0.1, 0.15) is 17.6 Å². The molecule has 1 aliphatic heterocycles. The van der Waals surface area contributed by atoms with Crippen LogP contribution in [0.1, 0.15) is 16.2 Å². The maximum absolute atomic E-state index is 12.9. The van der Waals surface area contributed by atoms with Gasteiger partial charge in [0.15, 0.2) is 17.2 Å². The predicted molar refractivity (Wildman–Crippen MR) is 114 cm³/mol. The van der Waals surface area contributed by atoms with Gasteiger partial charge in [-0.3, -0.25) is 4.79 Å². The first-order chi connectivity index (χ1) is 15.6. The molecule has 1 atom stereocenters. The van der Waals surface area contributed by atoms with Gasteiger partial charge in [-0.25, -0.2) is 19.9 Å². The van der Waals surface area contributed by atoms with Crippen LogP contribution in [0.2, 0.25) is 0 Å². The molecule has 1 fully saturated rings. The smallest absolute Gasteiger partial charge is 0.273 e. The van der Waals surface area contributed by atoms with Crippen molar-refractivity contribution in [2.45, 2.75) is 13.0 Å². The van der Waals surface area contributed by atoms with Crippen LogP contribution in [0.15, 0.2) is 41.4 Å². The zero-order valence-electron chi connectivity index (χ0n) is 17.3. The minimum absolute atomic E-state index is 0.00878. The van der Waals surface area contributed by atoms with Crippen LogP contribution in [-0.2, 0) is 9.47 Å². The highest BCUT2D eigenvalue weighted by molar-refractivity contribution is 5.97. The van der Waals surface area contributed by atoms with E-state index in [2.05, 4.69) is 25.3 Å². The molecule has 164 valence electrons. The Balaban J connectivity index is 1.54. The third-order valence-corrected chi connectivity index (χ3v) is 5.11. The van der Waals surface area contributed by atoms with E-state index in [4.69, 9.17) is 19.6 Å². The lowest BCUT2D eigenvalue weighted by Crippen LogP contribution is -2.40. The molecule has 3 N–H and O–H groups in total. The van der Waals surface area contributed by atoms with E-state index in [1.807, 2.05) is 29.7 Å². The fourth-order valence-electron chi connectivity index (χ4n) is 3.49. The van der Waals surface area contributed by atoms with E-state index in [0.717, 1.165) is 11.3 Å². The van der Waals surface area contributed by atoms with Gasteiger partial charge in [0, 0.05) is 30.2 Å². The van der Waals surface area contributed by atoms with Gasteiger partial charge in [-0.1, -0.05) is 0 Å². The number of rotatable bonds is 5. The third-order valence-electron chi connectivity index (χ3n) is 5.11. The summed E-state index contributed by atoms with van der Waals surface area (Å²) in [5, 5.41) is 2.80. The number of anilines is 1. The van der Waals surface area contributed by atoms with E-state index in [9.17, 15) is 4.79 Å². The van der Waals surface area contributed by atoms with Crippen molar-refractivity contribution in [3.05, 3.63) is 48.4 Å². The SMILES string of the molecule is Cc1cnc2ccc(-c3nc(C(=O)NC[C@@H]4COCCO4)c(N)nc3-c3ncco3)cn12. The molecule has 1 amide bonds. The lowest BCUT2D eigenvalue weighted by molar-refractivity contribution is -0.0855. The molecule has 1 aliphatic rings. The Morgan fingerprint density at radius 3 is 2.94 bits per heavy atom. The summed E-state index contributed by atoms with van der Waals surface area (Å²) in [7, 11) is 0. The first-order valence-corrected chi connectivity index (χ1v) is 10.1. The van der Waals surface area contributed by atoms with Gasteiger partial charge in [-0.2, -0.15) is 0 Å². The number of hydrogen-bond donors (Lipinski definition) is 2. The van der Waals surface area contributed by atoms with Gasteiger partial charge in [-0.05, 0) is 19.1 Å². The number of oxazole rings is 1. The molecule has 0 spiro atoms. The maximum atomic E-state index is 12.9. The van der Waals surface area contributed by atoms with Crippen LogP contribution in [0.25, 0.3) is 28.5 Å². The highest BCUT2D eigenvalue weighted by atomic mass is 16.6. The fourth-order valence-corrected chi connectivity index (χ4v) is 3.49. The van der Waals surface area contributed by atoms with Crippen LogP contribution in [0.3, 0.4) is 0 Å². The second kappa shape index (κ2) is 8.36. The van der Waals surface area contributed by atoms with Crippen LogP contribution in [0.5, 0.6) is 0 Å². The van der Waals surface area contributed by atoms with Crippen molar-refractivity contribution in [1.29, 1.82) is 0 Å². The number of aromatic nitrogens is 5. The van der Waals surface area contributed by atoms with Crippen LogP contribution in [0.4, 0.5) is 5.82 Å². The number of fused-ring (bicyclic) bond motifs is 1. The summed E-state index contributed by atoms with van der Waals surface area (Å²) in [6.45, 7) is 3.68. The average Bonchev–Trinajstić information content (AvgIpc) is 3.48. The highest BCUT2D eigenvalue weighted by Crippen LogP contribution is 2.30. The number of amides is 1. The standard InChI is InChI=1S/C21H21N7O4/c1-12-8-24-15-3-2-13(10-28(12)15)16-17(21-23-4-5-32-21)27-19(22)18(26-16)20(29)25-9-14-11-30-6-7-31-14/h2-5,8,10,14H,6-7,9,11H2,1H3,(H2,22,27)(H,25,29)/t14-/m1/s1. The van der Waals surface area contributed by atoms with Gasteiger partial charge >= 0.3 is 0 Å². The Morgan fingerprint density at radius 1 is 1.25 bits per heavy atom. The molecule has 5 rings (SSSR count). The Morgan fingerprint density at radius 2 is 2.16 bits per heavy atom. The van der Waals surface area contributed by atoms with Crippen molar-refractivity contribution in [3.63, 3.8) is 0 Å². The van der Waals surface area contributed by atoms with Crippen molar-refractivity contribution < 1.29 is 18.7 Å². The number of ether oxygens (including phenoxy) is 2. The second-order valence-corrected chi connectivity index (χ2v) is 7.32. The number of hydrogen-bond acceptors (Lipinski definition) is 9. The molecule has 5 heterocycles. The number of carbonyl (C=O) groups is 1. The van der Waals surface area contributed by atoms with E-state index >= 15 is 0 Å². The number of nitrogen functional groups attached to an aromatic ring is 1. The molecule has 0 unspecified atom stereocenters. The van der Waals surface area contributed by atoms with E-state index in [0.29, 0.717) is 36.8 Å². The molecule has 11 nitrogen and oxygen atoms in total. The first-order valence-electron chi connectivity index (χ1n) is 10.1. The summed E-state index contributed by atoms with van der Waals surface area (Å²) < 4.78 is 18.3. The summed E-state index contributed by atoms with van der Waals surface area (Å²) in [5.74, 6) is -0.231. The number of pyridine rings is 1. The van der Waals surface area contributed by atoms with Crippen molar-refractivity contribution >= 4 is 17.4 Å². The number of carbonyl (C=O) groups excluding carboxylic acids is 1. The molecule has 32 heavy (non-hydrogen) atoms. The lowest BCUT2D eigenvalue weighted by atomic mass is 10.1. The number of nitrogens with two attached hydrogens (primary N) is 1. The lowest BCUT2D eigenvalue weighted by Gasteiger charge is -2.23. The summed E-state index contributed by atoms with van der Waals surface area (Å²) in [4.78, 5) is 30.4. The Bertz CT molecular complexity index is 1260. The van der Waals surface area contributed by atoms with Gasteiger partial charge in [0.05, 0.1) is 32.1 Å². The minimum Gasteiger partial charge on any atom is -0.443 e. The number of imidazole rings is 1. The van der Waals surface area contributed by atoms with Gasteiger partial charge in [-0.15, -0.1) is 0 Å². The van der Waals surface area contributed by atoms with Gasteiger partial charge < -0.3 is 29.3 Å². The molecule has 1 saturated heterocycles. The Kier molecular flexibility index (Phi) is 5.25. The molecule has 0 saturated carbocycles. The Labute approximate surface area is 182 Å². The van der Waals surface area contributed by atoms with Crippen LogP contribution >= 0.6 is 0 Å². The fraction of sp³-hybridized carbons (Fsp3) is 0.286. The van der Waals surface area contributed by atoms with Crippen LogP contribution in [-0.4, -0.2) is 62.7 Å². The number of aryl methyl sites for hydroxylation is 1. The molecule has 0 aromatic carbocycles. The van der Waals surface area contributed by atoms with E-state index in [1.54, 1.807) is 6.20 Å². The molecule has 0 radical (unpaired) electrons. The zero-order chi connectivity index (χ0) is 22.1. The summed E-state index contributed by atoms with van der Waals surface area (Å²) in [5.41, 5.74) is 9.32. The third kappa shape index (κ3) is 3.79. The van der Waals surface area contributed by atoms with Gasteiger partial charge in [0.2, 0.25) is 5.89 Å². The average molecular weight is 435 g/mol. The molecule has 0 aliphatic carbocycles. The normalized spacial score (nSPS) is 16.3. The molecule has 4 aromatic rings. The molecular weight excluding hydrogens is 414 g/mol. The number of nitrogens with one attached hydrogen (secondary N) is 1. The van der Waals surface area contributed by atoms with Crippen molar-refractivity contribution in [2.75, 3.05) is 32.1 Å². The van der Waals surface area contributed by atoms with E-state index in [1.165, 1.54) is 12.5 Å². The zero-order valence-corrected chi connectivity index (χ0v) is 17.3. The largest absolute Gasteiger partial charge is 0.443 e. The maximum Gasteiger partial charge on any atom is 0.273 e. The van der Waals surface area contributed by atoms with Crippen molar-refractivity contribution in [3.8, 4) is 22.8 Å². The minimum atomic E-state index is -0.454. The molecular formula is C21H21N7O4. The predicted octanol–water partition coefficient (Wildman–Crippen LogP) is 1.48. The Hall–Kier alpha value is -3.83. The summed E-state index contributed by atoms with van der Waals surface area (Å²) >= 11 is 0. The van der Waals surface area contributed by atoms with Gasteiger partial charge in [0.25, 0.3) is 5.91 Å². The van der Waals surface area contributed by atoms with Crippen LogP contribution in [0, 0.1) is 6.92 Å². The van der Waals surface area contributed by atoms with Crippen molar-refractivity contribution in [1.82, 2.24) is 29.7 Å². The van der Waals surface area contributed by atoms with E-state index < -0.39 is 5.91 Å². The molecule has 11 heteroatoms. The van der Waals surface area contributed by atoms with E-state index in [-0.39, 0.29) is 30.1 Å². The molecule has 4 aromatic heterocycles. The molecule has 0 bridgehead atoms. The second-order valence-electron chi connectivity index (χ2n) is 7.32. The quantitative estimate of drug-likeness (QED) is 0.476. The first kappa shape index (κ1) is 20.1. The monoisotopic (exact) mass is 435 g/mol. The number of nitrogens with zero attached hydrogens (tertiary/aromatic N) is 5. The van der Waals surface area contributed by atoms with Crippen molar-refractivity contribution in [2.24, 2.45) is 0 Å².